The number of aromatic nitrogens is 2. The van der Waals surface area contributed by atoms with Crippen LogP contribution in [0.5, 0.6) is 0 Å². The fourth-order valence-electron chi connectivity index (χ4n) is 2.70. The largest absolute Gasteiger partial charge is 0.337 e. The molecule has 1 saturated heterocycles. The van der Waals surface area contributed by atoms with Crippen molar-refractivity contribution in [1.29, 1.82) is 0 Å². The highest BCUT2D eigenvalue weighted by atomic mass is 79.9. The Hall–Kier alpha value is -2.28. The molecule has 2 aromatic rings. The Morgan fingerprint density at radius 1 is 1.00 bits per heavy atom. The Labute approximate surface area is 148 Å². The summed E-state index contributed by atoms with van der Waals surface area (Å²) < 4.78 is 0.877. The van der Waals surface area contributed by atoms with Crippen LogP contribution in [0.2, 0.25) is 0 Å². The molecule has 0 N–H and O–H groups in total. The first kappa shape index (κ1) is 16.6. The van der Waals surface area contributed by atoms with Gasteiger partial charge in [0, 0.05) is 48.6 Å². The van der Waals surface area contributed by atoms with Gasteiger partial charge in [-0.3, -0.25) is 14.6 Å². The maximum atomic E-state index is 12.6. The molecule has 0 spiro atoms. The Morgan fingerprint density at radius 2 is 1.75 bits per heavy atom. The van der Waals surface area contributed by atoms with Crippen LogP contribution >= 0.6 is 15.9 Å². The van der Waals surface area contributed by atoms with E-state index in [1.807, 2.05) is 18.2 Å². The quantitative estimate of drug-likeness (QED) is 0.790. The number of hydrogen-bond acceptors (Lipinski definition) is 4. The molecule has 2 amide bonds. The Kier molecular flexibility index (Phi) is 5.20. The van der Waals surface area contributed by atoms with Crippen LogP contribution in [-0.2, 0) is 0 Å². The fourth-order valence-corrected chi connectivity index (χ4v) is 3.10. The highest BCUT2D eigenvalue weighted by Crippen LogP contribution is 2.15. The minimum Gasteiger partial charge on any atom is -0.337 e. The van der Waals surface area contributed by atoms with Crippen LogP contribution in [0.15, 0.2) is 47.3 Å². The molecule has 7 heteroatoms. The van der Waals surface area contributed by atoms with Gasteiger partial charge < -0.3 is 9.80 Å². The van der Waals surface area contributed by atoms with Crippen LogP contribution in [0.4, 0.5) is 0 Å². The molecule has 124 valence electrons. The number of nitrogens with zero attached hydrogens (tertiary/aromatic N) is 4. The molecular weight excluding hydrogens is 372 g/mol. The fraction of sp³-hybridized carbons (Fsp3) is 0.294. The summed E-state index contributed by atoms with van der Waals surface area (Å²) in [7, 11) is 0. The summed E-state index contributed by atoms with van der Waals surface area (Å²) in [5.74, 6) is -0.148. The minimum atomic E-state index is -0.139. The number of hydrogen-bond donors (Lipinski definition) is 0. The van der Waals surface area contributed by atoms with E-state index in [0.29, 0.717) is 37.4 Å². The maximum absolute atomic E-state index is 12.6. The molecule has 0 bridgehead atoms. The average Bonchev–Trinajstić information content (AvgIpc) is 2.87. The van der Waals surface area contributed by atoms with E-state index in [0.717, 1.165) is 10.9 Å². The van der Waals surface area contributed by atoms with Crippen LogP contribution < -0.4 is 0 Å². The van der Waals surface area contributed by atoms with Crippen LogP contribution in [0, 0.1) is 0 Å². The number of benzene rings is 1. The van der Waals surface area contributed by atoms with E-state index in [1.54, 1.807) is 15.9 Å². The van der Waals surface area contributed by atoms with E-state index < -0.39 is 0 Å². The molecule has 1 aliphatic heterocycles. The molecule has 24 heavy (non-hydrogen) atoms. The van der Waals surface area contributed by atoms with E-state index in [-0.39, 0.29) is 11.8 Å². The standard InChI is InChI=1S/C17H17BrN4O2/c18-14-4-1-3-13(11-14)16(23)21-7-2-8-22(10-9-21)17(24)15-12-19-5-6-20-15/h1,3-6,11-12H,2,7-10H2. The van der Waals surface area contributed by atoms with Gasteiger partial charge in [0.25, 0.3) is 11.8 Å². The zero-order valence-corrected chi connectivity index (χ0v) is 14.6. The SMILES string of the molecule is O=C(c1cccc(Br)c1)N1CCCN(C(=O)c2cnccn2)CC1. The van der Waals surface area contributed by atoms with Gasteiger partial charge in [-0.05, 0) is 24.6 Å². The van der Waals surface area contributed by atoms with Gasteiger partial charge in [-0.25, -0.2) is 4.98 Å². The molecule has 0 atom stereocenters. The van der Waals surface area contributed by atoms with Gasteiger partial charge in [0.1, 0.15) is 5.69 Å². The molecule has 0 radical (unpaired) electrons. The third-order valence-electron chi connectivity index (χ3n) is 3.92. The number of carbonyl (C=O) groups excluding carboxylic acids is 2. The summed E-state index contributed by atoms with van der Waals surface area (Å²) >= 11 is 3.39. The van der Waals surface area contributed by atoms with Crippen molar-refractivity contribution >= 4 is 27.7 Å². The van der Waals surface area contributed by atoms with Gasteiger partial charge in [0.2, 0.25) is 0 Å². The van der Waals surface area contributed by atoms with E-state index in [1.165, 1.54) is 18.6 Å². The molecule has 3 rings (SSSR count). The van der Waals surface area contributed by atoms with Crippen molar-refractivity contribution in [3.8, 4) is 0 Å². The molecule has 6 nitrogen and oxygen atoms in total. The average molecular weight is 389 g/mol. The van der Waals surface area contributed by atoms with Crippen molar-refractivity contribution < 1.29 is 9.59 Å². The second kappa shape index (κ2) is 7.53. The predicted molar refractivity (Wildman–Crippen MR) is 92.6 cm³/mol. The van der Waals surface area contributed by atoms with Gasteiger partial charge in [-0.15, -0.1) is 0 Å². The van der Waals surface area contributed by atoms with Crippen molar-refractivity contribution in [2.45, 2.75) is 6.42 Å². The third kappa shape index (κ3) is 3.79. The normalized spacial score (nSPS) is 15.0. The highest BCUT2D eigenvalue weighted by molar-refractivity contribution is 9.10. The monoisotopic (exact) mass is 388 g/mol. The summed E-state index contributed by atoms with van der Waals surface area (Å²) in [4.78, 5) is 36.6. The Balaban J connectivity index is 1.67. The van der Waals surface area contributed by atoms with Gasteiger partial charge >= 0.3 is 0 Å². The lowest BCUT2D eigenvalue weighted by Crippen LogP contribution is -2.37. The minimum absolute atomic E-state index is 0.00917. The van der Waals surface area contributed by atoms with Gasteiger partial charge in [-0.1, -0.05) is 22.0 Å². The second-order valence-corrected chi connectivity index (χ2v) is 6.45. The lowest BCUT2D eigenvalue weighted by molar-refractivity contribution is 0.0715. The highest BCUT2D eigenvalue weighted by Gasteiger charge is 2.24. The summed E-state index contributed by atoms with van der Waals surface area (Å²) in [6.45, 7) is 2.25. The van der Waals surface area contributed by atoms with Gasteiger partial charge in [0.05, 0.1) is 6.20 Å². The van der Waals surface area contributed by atoms with Crippen molar-refractivity contribution in [2.75, 3.05) is 26.2 Å². The lowest BCUT2D eigenvalue weighted by Gasteiger charge is -2.22. The summed E-state index contributed by atoms with van der Waals surface area (Å²) in [5, 5.41) is 0. The van der Waals surface area contributed by atoms with Crippen molar-refractivity contribution in [3.63, 3.8) is 0 Å². The van der Waals surface area contributed by atoms with E-state index in [9.17, 15) is 9.59 Å². The van der Waals surface area contributed by atoms with Crippen LogP contribution in [0.25, 0.3) is 0 Å². The Bertz CT molecular complexity index is 738. The molecule has 1 aromatic carbocycles. The van der Waals surface area contributed by atoms with E-state index >= 15 is 0 Å². The third-order valence-corrected chi connectivity index (χ3v) is 4.42. The first-order valence-electron chi connectivity index (χ1n) is 7.75. The molecular formula is C17H17BrN4O2. The number of halogens is 1. The topological polar surface area (TPSA) is 66.4 Å². The van der Waals surface area contributed by atoms with Crippen molar-refractivity contribution in [3.05, 3.63) is 58.6 Å². The van der Waals surface area contributed by atoms with Crippen molar-refractivity contribution in [1.82, 2.24) is 19.8 Å². The molecule has 1 aliphatic rings. The van der Waals surface area contributed by atoms with Gasteiger partial charge in [0.15, 0.2) is 0 Å². The van der Waals surface area contributed by atoms with Crippen LogP contribution in [0.1, 0.15) is 27.3 Å². The number of rotatable bonds is 2. The molecule has 0 saturated carbocycles. The first-order chi connectivity index (χ1) is 11.6. The molecule has 2 heterocycles. The van der Waals surface area contributed by atoms with Crippen LogP contribution in [-0.4, -0.2) is 57.8 Å². The molecule has 1 aromatic heterocycles. The predicted octanol–water partition coefficient (Wildman–Crippen LogP) is 2.23. The zero-order valence-electron chi connectivity index (χ0n) is 13.1. The number of carbonyl (C=O) groups is 2. The smallest absolute Gasteiger partial charge is 0.274 e. The number of amides is 2. The van der Waals surface area contributed by atoms with E-state index in [2.05, 4.69) is 25.9 Å². The van der Waals surface area contributed by atoms with Gasteiger partial charge in [-0.2, -0.15) is 0 Å². The second-order valence-electron chi connectivity index (χ2n) is 5.54. The Morgan fingerprint density at radius 3 is 2.42 bits per heavy atom. The summed E-state index contributed by atoms with van der Waals surface area (Å²) in [5.41, 5.74) is 0.988. The molecule has 0 unspecified atom stereocenters. The zero-order chi connectivity index (χ0) is 16.9. The maximum Gasteiger partial charge on any atom is 0.274 e. The van der Waals surface area contributed by atoms with Crippen molar-refractivity contribution in [2.24, 2.45) is 0 Å². The summed E-state index contributed by atoms with van der Waals surface area (Å²) in [6.07, 6.45) is 5.26. The molecule has 0 aliphatic carbocycles. The molecule has 1 fully saturated rings. The first-order valence-corrected chi connectivity index (χ1v) is 8.54. The lowest BCUT2D eigenvalue weighted by atomic mass is 10.2. The summed E-state index contributed by atoms with van der Waals surface area (Å²) in [6, 6.07) is 7.36. The van der Waals surface area contributed by atoms with Crippen LogP contribution in [0.3, 0.4) is 0 Å². The van der Waals surface area contributed by atoms with E-state index in [4.69, 9.17) is 0 Å².